The lowest BCUT2D eigenvalue weighted by Gasteiger charge is -2.14. The number of aliphatic hydroxyl groups excluding tert-OH is 1. The summed E-state index contributed by atoms with van der Waals surface area (Å²) >= 11 is 5.41. The zero-order valence-electron chi connectivity index (χ0n) is 8.72. The summed E-state index contributed by atoms with van der Waals surface area (Å²) in [6.07, 6.45) is -4.55. The average molecular weight is 267 g/mol. The van der Waals surface area contributed by atoms with Gasteiger partial charge in [0.1, 0.15) is 12.4 Å². The molecular formula is C11H10ClF3O2. The number of hydrogen-bond donors (Lipinski definition) is 1. The van der Waals surface area contributed by atoms with E-state index in [2.05, 4.69) is 6.58 Å². The molecule has 0 saturated heterocycles. The van der Waals surface area contributed by atoms with Crippen molar-refractivity contribution in [1.82, 2.24) is 0 Å². The Labute approximate surface area is 101 Å². The minimum Gasteiger partial charge on any atom is -0.487 e. The zero-order valence-corrected chi connectivity index (χ0v) is 9.48. The number of halogens is 4. The molecule has 0 radical (unpaired) electrons. The van der Waals surface area contributed by atoms with Gasteiger partial charge in [0.2, 0.25) is 0 Å². The normalized spacial score (nSPS) is 11.4. The smallest absolute Gasteiger partial charge is 0.419 e. The van der Waals surface area contributed by atoms with Gasteiger partial charge in [-0.2, -0.15) is 13.2 Å². The first-order valence-corrected chi connectivity index (χ1v) is 4.99. The molecule has 94 valence electrons. The second-order valence-corrected chi connectivity index (χ2v) is 3.83. The van der Waals surface area contributed by atoms with Gasteiger partial charge in [0, 0.05) is 5.03 Å². The monoisotopic (exact) mass is 266 g/mol. The van der Waals surface area contributed by atoms with E-state index in [0.717, 1.165) is 12.1 Å². The molecule has 0 amide bonds. The zero-order chi connectivity index (χ0) is 13.1. The summed E-state index contributed by atoms with van der Waals surface area (Å²) in [4.78, 5) is 0. The lowest BCUT2D eigenvalue weighted by molar-refractivity contribution is -0.138. The number of rotatable bonds is 4. The van der Waals surface area contributed by atoms with Crippen molar-refractivity contribution in [2.75, 3.05) is 6.61 Å². The van der Waals surface area contributed by atoms with E-state index in [1.807, 2.05) is 0 Å². The molecule has 0 heterocycles. The van der Waals surface area contributed by atoms with Gasteiger partial charge in [-0.15, -0.1) is 0 Å². The third-order valence-electron chi connectivity index (χ3n) is 1.92. The summed E-state index contributed by atoms with van der Waals surface area (Å²) in [5.41, 5.74) is -0.781. The van der Waals surface area contributed by atoms with Crippen molar-refractivity contribution in [2.24, 2.45) is 0 Å². The Morgan fingerprint density at radius 3 is 2.53 bits per heavy atom. The van der Waals surface area contributed by atoms with Crippen LogP contribution in [0.1, 0.15) is 11.1 Å². The first-order chi connectivity index (χ1) is 7.84. The minimum absolute atomic E-state index is 0.101. The van der Waals surface area contributed by atoms with Gasteiger partial charge < -0.3 is 9.84 Å². The van der Waals surface area contributed by atoms with Crippen LogP contribution in [0.25, 0.3) is 0 Å². The van der Waals surface area contributed by atoms with Crippen LogP contribution in [-0.4, -0.2) is 11.7 Å². The summed E-state index contributed by atoms with van der Waals surface area (Å²) in [6, 6.07) is 3.34. The Morgan fingerprint density at radius 2 is 2.06 bits per heavy atom. The van der Waals surface area contributed by atoms with Crippen molar-refractivity contribution in [3.8, 4) is 5.75 Å². The summed E-state index contributed by atoms with van der Waals surface area (Å²) in [6.45, 7) is 2.64. The maximum Gasteiger partial charge on any atom is 0.419 e. The lowest BCUT2D eigenvalue weighted by atomic mass is 10.1. The van der Waals surface area contributed by atoms with Gasteiger partial charge in [-0.25, -0.2) is 0 Å². The SMILES string of the molecule is C=C(Cl)COc1ccc(CO)cc1C(F)(F)F. The molecule has 0 unspecified atom stereocenters. The summed E-state index contributed by atoms with van der Waals surface area (Å²) in [5.74, 6) is -0.337. The molecule has 0 aliphatic carbocycles. The Morgan fingerprint density at radius 1 is 1.41 bits per heavy atom. The molecule has 0 fully saturated rings. The molecule has 1 aromatic rings. The van der Waals surface area contributed by atoms with E-state index in [4.69, 9.17) is 21.4 Å². The summed E-state index contributed by atoms with van der Waals surface area (Å²) in [7, 11) is 0. The quantitative estimate of drug-likeness (QED) is 0.906. The van der Waals surface area contributed by atoms with Crippen LogP contribution >= 0.6 is 11.6 Å². The van der Waals surface area contributed by atoms with Crippen LogP contribution in [-0.2, 0) is 12.8 Å². The van der Waals surface area contributed by atoms with Gasteiger partial charge in [-0.1, -0.05) is 24.2 Å². The van der Waals surface area contributed by atoms with Crippen molar-refractivity contribution in [2.45, 2.75) is 12.8 Å². The molecular weight excluding hydrogens is 257 g/mol. The van der Waals surface area contributed by atoms with Crippen LogP contribution in [0.15, 0.2) is 29.8 Å². The number of aliphatic hydroxyl groups is 1. The highest BCUT2D eigenvalue weighted by Crippen LogP contribution is 2.37. The molecule has 0 aliphatic rings. The predicted molar refractivity (Wildman–Crippen MR) is 57.9 cm³/mol. The average Bonchev–Trinajstić information content (AvgIpc) is 2.24. The molecule has 17 heavy (non-hydrogen) atoms. The maximum atomic E-state index is 12.7. The first kappa shape index (κ1) is 13.9. The fraction of sp³-hybridized carbons (Fsp3) is 0.273. The van der Waals surface area contributed by atoms with Crippen molar-refractivity contribution in [3.63, 3.8) is 0 Å². The summed E-state index contributed by atoms with van der Waals surface area (Å²) in [5, 5.41) is 8.89. The van der Waals surface area contributed by atoms with Crippen LogP contribution in [0.2, 0.25) is 0 Å². The topological polar surface area (TPSA) is 29.5 Å². The van der Waals surface area contributed by atoms with E-state index in [0.29, 0.717) is 0 Å². The third kappa shape index (κ3) is 3.94. The molecule has 0 aromatic heterocycles. The van der Waals surface area contributed by atoms with Crippen LogP contribution < -0.4 is 4.74 Å². The largest absolute Gasteiger partial charge is 0.487 e. The van der Waals surface area contributed by atoms with E-state index < -0.39 is 18.3 Å². The van der Waals surface area contributed by atoms with Gasteiger partial charge >= 0.3 is 6.18 Å². The highest BCUT2D eigenvalue weighted by molar-refractivity contribution is 6.29. The van der Waals surface area contributed by atoms with Gasteiger partial charge in [0.15, 0.2) is 0 Å². The highest BCUT2D eigenvalue weighted by atomic mass is 35.5. The Hall–Kier alpha value is -1.20. The van der Waals surface area contributed by atoms with E-state index in [9.17, 15) is 13.2 Å². The van der Waals surface area contributed by atoms with Crippen LogP contribution in [0.3, 0.4) is 0 Å². The number of alkyl halides is 3. The lowest BCUT2D eigenvalue weighted by Crippen LogP contribution is -2.10. The molecule has 1 N–H and O–H groups in total. The third-order valence-corrected chi connectivity index (χ3v) is 2.03. The van der Waals surface area contributed by atoms with Crippen molar-refractivity contribution in [3.05, 3.63) is 40.9 Å². The molecule has 1 aromatic carbocycles. The van der Waals surface area contributed by atoms with Gasteiger partial charge in [0.05, 0.1) is 12.2 Å². The molecule has 2 nitrogen and oxygen atoms in total. The van der Waals surface area contributed by atoms with E-state index in [-0.39, 0.29) is 23.0 Å². The Bertz CT molecular complexity index is 416. The maximum absolute atomic E-state index is 12.7. The molecule has 6 heteroatoms. The standard InChI is InChI=1S/C11H10ClF3O2/c1-7(12)6-17-10-3-2-8(5-16)4-9(10)11(13,14)15/h2-4,16H,1,5-6H2. The Kier molecular flexibility index (Phi) is 4.42. The Balaban J connectivity index is 3.07. The van der Waals surface area contributed by atoms with Crippen molar-refractivity contribution in [1.29, 1.82) is 0 Å². The molecule has 0 spiro atoms. The van der Waals surface area contributed by atoms with Crippen LogP contribution in [0.4, 0.5) is 13.2 Å². The molecule has 1 rings (SSSR count). The van der Waals surface area contributed by atoms with Gasteiger partial charge in [-0.3, -0.25) is 0 Å². The van der Waals surface area contributed by atoms with Gasteiger partial charge in [-0.05, 0) is 17.7 Å². The number of hydrogen-bond acceptors (Lipinski definition) is 2. The van der Waals surface area contributed by atoms with E-state index in [1.54, 1.807) is 0 Å². The predicted octanol–water partition coefficient (Wildman–Crippen LogP) is 3.33. The fourth-order valence-electron chi connectivity index (χ4n) is 1.18. The molecule has 0 bridgehead atoms. The second kappa shape index (κ2) is 5.42. The van der Waals surface area contributed by atoms with E-state index >= 15 is 0 Å². The molecule has 0 aliphatic heterocycles. The van der Waals surface area contributed by atoms with Crippen LogP contribution in [0.5, 0.6) is 5.75 Å². The minimum atomic E-state index is -4.55. The van der Waals surface area contributed by atoms with Gasteiger partial charge in [0.25, 0.3) is 0 Å². The number of ether oxygens (including phenoxy) is 1. The van der Waals surface area contributed by atoms with E-state index in [1.165, 1.54) is 6.07 Å². The van der Waals surface area contributed by atoms with Crippen LogP contribution in [0, 0.1) is 0 Å². The second-order valence-electron chi connectivity index (χ2n) is 3.29. The molecule has 0 saturated carbocycles. The van der Waals surface area contributed by atoms with Crippen molar-refractivity contribution >= 4 is 11.6 Å². The van der Waals surface area contributed by atoms with Crippen molar-refractivity contribution < 1.29 is 23.0 Å². The first-order valence-electron chi connectivity index (χ1n) is 4.61. The highest BCUT2D eigenvalue weighted by Gasteiger charge is 2.34. The summed E-state index contributed by atoms with van der Waals surface area (Å²) < 4.78 is 42.9. The molecule has 0 atom stereocenters. The fourth-order valence-corrected chi connectivity index (χ4v) is 1.23. The number of benzene rings is 1.